The number of anilines is 1. The molecule has 0 aliphatic carbocycles. The molecule has 0 amide bonds. The van der Waals surface area contributed by atoms with Crippen molar-refractivity contribution in [3.05, 3.63) is 30.0 Å². The van der Waals surface area contributed by atoms with Crippen molar-refractivity contribution < 1.29 is 0 Å². The highest BCUT2D eigenvalue weighted by molar-refractivity contribution is 5.92. The van der Waals surface area contributed by atoms with Crippen LogP contribution in [0.15, 0.2) is 24.3 Å². The molecule has 112 valence electrons. The van der Waals surface area contributed by atoms with Crippen molar-refractivity contribution in [2.75, 3.05) is 25.0 Å². The van der Waals surface area contributed by atoms with Gasteiger partial charge in [-0.1, -0.05) is 30.7 Å². The van der Waals surface area contributed by atoms with Gasteiger partial charge in [-0.15, -0.1) is 5.10 Å². The summed E-state index contributed by atoms with van der Waals surface area (Å²) in [4.78, 5) is 2.57. The van der Waals surface area contributed by atoms with Crippen LogP contribution in [0.5, 0.6) is 0 Å². The second-order valence-electron chi connectivity index (χ2n) is 6.01. The zero-order valence-corrected chi connectivity index (χ0v) is 13.0. The lowest BCUT2D eigenvalue weighted by Gasteiger charge is -2.32. The van der Waals surface area contributed by atoms with Crippen LogP contribution in [0, 0.1) is 6.92 Å². The topological polar surface area (TPSA) is 41.1 Å². The maximum Gasteiger partial charge on any atom is 0.156 e. The molecule has 1 fully saturated rings. The van der Waals surface area contributed by atoms with Crippen LogP contribution >= 0.6 is 0 Å². The predicted molar refractivity (Wildman–Crippen MR) is 87.7 cm³/mol. The number of benzene rings is 1. The van der Waals surface area contributed by atoms with Crippen LogP contribution in [0.2, 0.25) is 0 Å². The lowest BCUT2D eigenvalue weighted by molar-refractivity contribution is 0.180. The molecule has 1 saturated heterocycles. The van der Waals surface area contributed by atoms with Crippen molar-refractivity contribution >= 4 is 16.6 Å². The lowest BCUT2D eigenvalue weighted by atomic mass is 10.1. The molecule has 0 bridgehead atoms. The van der Waals surface area contributed by atoms with Crippen LogP contribution in [0.3, 0.4) is 0 Å². The highest BCUT2D eigenvalue weighted by Crippen LogP contribution is 2.22. The Balaban J connectivity index is 1.72. The minimum atomic E-state index is 0.534. The third-order valence-electron chi connectivity index (χ3n) is 4.45. The van der Waals surface area contributed by atoms with E-state index in [4.69, 9.17) is 0 Å². The first-order valence-electron chi connectivity index (χ1n) is 7.95. The largest absolute Gasteiger partial charge is 0.367 e. The van der Waals surface area contributed by atoms with Gasteiger partial charge < -0.3 is 5.32 Å². The van der Waals surface area contributed by atoms with E-state index in [1.54, 1.807) is 0 Å². The van der Waals surface area contributed by atoms with E-state index in [-0.39, 0.29) is 0 Å². The normalized spacial score (nSPS) is 17.8. The van der Waals surface area contributed by atoms with Gasteiger partial charge >= 0.3 is 0 Å². The summed E-state index contributed by atoms with van der Waals surface area (Å²) < 4.78 is 0. The number of aromatic nitrogens is 2. The number of likely N-dealkylation sites (tertiary alicyclic amines) is 1. The molecule has 3 rings (SSSR count). The SMILES string of the molecule is Cc1nnc(NCC(C)N2CCCCC2)c2ccccc12. The van der Waals surface area contributed by atoms with E-state index >= 15 is 0 Å². The molecule has 4 nitrogen and oxygen atoms in total. The first-order chi connectivity index (χ1) is 10.3. The number of nitrogens with zero attached hydrogens (tertiary/aromatic N) is 3. The number of fused-ring (bicyclic) bond motifs is 1. The summed E-state index contributed by atoms with van der Waals surface area (Å²) >= 11 is 0. The maximum atomic E-state index is 4.34. The van der Waals surface area contributed by atoms with Gasteiger partial charge in [0.1, 0.15) is 0 Å². The highest BCUT2D eigenvalue weighted by Gasteiger charge is 2.17. The van der Waals surface area contributed by atoms with E-state index in [0.717, 1.165) is 23.4 Å². The quantitative estimate of drug-likeness (QED) is 0.936. The van der Waals surface area contributed by atoms with Crippen molar-refractivity contribution in [1.29, 1.82) is 0 Å². The third kappa shape index (κ3) is 3.16. The first kappa shape index (κ1) is 14.3. The zero-order chi connectivity index (χ0) is 14.7. The van der Waals surface area contributed by atoms with Crippen LogP contribution in [0.1, 0.15) is 31.9 Å². The van der Waals surface area contributed by atoms with Gasteiger partial charge in [0.05, 0.1) is 5.69 Å². The van der Waals surface area contributed by atoms with Gasteiger partial charge in [-0.3, -0.25) is 4.90 Å². The monoisotopic (exact) mass is 284 g/mol. The van der Waals surface area contributed by atoms with Crippen LogP contribution in [0.25, 0.3) is 10.8 Å². The number of piperidine rings is 1. The molecule has 1 aliphatic rings. The van der Waals surface area contributed by atoms with Gasteiger partial charge in [0.15, 0.2) is 5.82 Å². The maximum absolute atomic E-state index is 4.34. The number of nitrogens with one attached hydrogen (secondary N) is 1. The molecule has 1 atom stereocenters. The zero-order valence-electron chi connectivity index (χ0n) is 13.0. The van der Waals surface area contributed by atoms with Gasteiger partial charge in [0.25, 0.3) is 0 Å². The Labute approximate surface area is 126 Å². The molecule has 21 heavy (non-hydrogen) atoms. The molecule has 1 unspecified atom stereocenters. The average molecular weight is 284 g/mol. The Bertz CT molecular complexity index is 605. The Morgan fingerprint density at radius 3 is 2.57 bits per heavy atom. The fraction of sp³-hybridized carbons (Fsp3) is 0.529. The summed E-state index contributed by atoms with van der Waals surface area (Å²) in [5.41, 5.74) is 0.986. The number of rotatable bonds is 4. The van der Waals surface area contributed by atoms with E-state index in [9.17, 15) is 0 Å². The summed E-state index contributed by atoms with van der Waals surface area (Å²) in [7, 11) is 0. The van der Waals surface area contributed by atoms with Crippen molar-refractivity contribution in [3.63, 3.8) is 0 Å². The van der Waals surface area contributed by atoms with E-state index in [1.165, 1.54) is 37.7 Å². The molecule has 0 saturated carbocycles. The van der Waals surface area contributed by atoms with Crippen LogP contribution in [0.4, 0.5) is 5.82 Å². The number of hydrogen-bond donors (Lipinski definition) is 1. The van der Waals surface area contributed by atoms with Crippen LogP contribution < -0.4 is 5.32 Å². The van der Waals surface area contributed by atoms with E-state index in [1.807, 2.05) is 6.92 Å². The van der Waals surface area contributed by atoms with Gasteiger partial charge in [-0.05, 0) is 39.8 Å². The number of hydrogen-bond acceptors (Lipinski definition) is 4. The minimum absolute atomic E-state index is 0.534. The number of aryl methyl sites for hydroxylation is 1. The highest BCUT2D eigenvalue weighted by atomic mass is 15.2. The molecule has 4 heteroatoms. The van der Waals surface area contributed by atoms with E-state index in [2.05, 4.69) is 51.6 Å². The van der Waals surface area contributed by atoms with Crippen LogP contribution in [-0.2, 0) is 0 Å². The molecule has 1 aromatic heterocycles. The first-order valence-corrected chi connectivity index (χ1v) is 7.95. The van der Waals surface area contributed by atoms with Crippen molar-refractivity contribution in [3.8, 4) is 0 Å². The van der Waals surface area contributed by atoms with Gasteiger partial charge in [0, 0.05) is 23.4 Å². The van der Waals surface area contributed by atoms with Crippen molar-refractivity contribution in [2.24, 2.45) is 0 Å². The van der Waals surface area contributed by atoms with Gasteiger partial charge in [0.2, 0.25) is 0 Å². The molecule has 1 aromatic carbocycles. The summed E-state index contributed by atoms with van der Waals surface area (Å²) in [5, 5.41) is 14.5. The molecule has 1 N–H and O–H groups in total. The molecule has 1 aliphatic heterocycles. The molecule has 2 aromatic rings. The van der Waals surface area contributed by atoms with Crippen molar-refractivity contribution in [2.45, 2.75) is 39.2 Å². The Hall–Kier alpha value is -1.68. The predicted octanol–water partition coefficient (Wildman–Crippen LogP) is 3.22. The average Bonchev–Trinajstić information content (AvgIpc) is 2.55. The standard InChI is InChI=1S/C17H24N4/c1-13(21-10-6-3-7-11-21)12-18-17-16-9-5-4-8-15(16)14(2)19-20-17/h4-5,8-9,13H,3,6-7,10-12H2,1-2H3,(H,18,20). The summed E-state index contributed by atoms with van der Waals surface area (Å²) in [6.07, 6.45) is 4.04. The van der Waals surface area contributed by atoms with Crippen molar-refractivity contribution in [1.82, 2.24) is 15.1 Å². The minimum Gasteiger partial charge on any atom is -0.367 e. The molecule has 2 heterocycles. The molecular formula is C17H24N4. The second kappa shape index (κ2) is 6.39. The molecule has 0 spiro atoms. The third-order valence-corrected chi connectivity index (χ3v) is 4.45. The fourth-order valence-corrected chi connectivity index (χ4v) is 3.10. The van der Waals surface area contributed by atoms with E-state index in [0.29, 0.717) is 6.04 Å². The summed E-state index contributed by atoms with van der Waals surface area (Å²) in [6, 6.07) is 8.87. The fourth-order valence-electron chi connectivity index (χ4n) is 3.10. The van der Waals surface area contributed by atoms with Gasteiger partial charge in [-0.25, -0.2) is 0 Å². The Morgan fingerprint density at radius 1 is 1.10 bits per heavy atom. The molecule has 0 radical (unpaired) electrons. The smallest absolute Gasteiger partial charge is 0.156 e. The van der Waals surface area contributed by atoms with Crippen LogP contribution in [-0.4, -0.2) is 40.8 Å². The summed E-state index contributed by atoms with van der Waals surface area (Å²) in [6.45, 7) is 7.67. The summed E-state index contributed by atoms with van der Waals surface area (Å²) in [5.74, 6) is 0.903. The van der Waals surface area contributed by atoms with E-state index < -0.39 is 0 Å². The molecular weight excluding hydrogens is 260 g/mol. The lowest BCUT2D eigenvalue weighted by Crippen LogP contribution is -2.41. The Kier molecular flexibility index (Phi) is 4.34. The second-order valence-corrected chi connectivity index (χ2v) is 6.01. The Morgan fingerprint density at radius 2 is 1.81 bits per heavy atom. The van der Waals surface area contributed by atoms with Gasteiger partial charge in [-0.2, -0.15) is 5.10 Å².